The van der Waals surface area contributed by atoms with Crippen LogP contribution in [-0.4, -0.2) is 18.4 Å². The predicted octanol–water partition coefficient (Wildman–Crippen LogP) is 0.972. The molecule has 2 rings (SSSR count). The lowest BCUT2D eigenvalue weighted by molar-refractivity contribution is -0.129. The van der Waals surface area contributed by atoms with Crippen molar-refractivity contribution in [3.8, 4) is 0 Å². The summed E-state index contributed by atoms with van der Waals surface area (Å²) < 4.78 is 0. The summed E-state index contributed by atoms with van der Waals surface area (Å²) in [5, 5.41) is 5.69. The fourth-order valence-electron chi connectivity index (χ4n) is 2.16. The summed E-state index contributed by atoms with van der Waals surface area (Å²) in [6.45, 7) is 2.37. The Morgan fingerprint density at radius 3 is 2.68 bits per heavy atom. The monoisotopic (exact) mass is 261 g/mol. The van der Waals surface area contributed by atoms with Crippen LogP contribution in [0.2, 0.25) is 0 Å². The number of nitrogens with one attached hydrogen (secondary N) is 2. The molecule has 0 saturated carbocycles. The van der Waals surface area contributed by atoms with E-state index in [9.17, 15) is 9.59 Å². The zero-order chi connectivity index (χ0) is 13.8. The number of nitrogen functional groups attached to an aromatic ring is 1. The molecule has 1 saturated heterocycles. The van der Waals surface area contributed by atoms with E-state index in [0.717, 1.165) is 5.56 Å². The Bertz CT molecular complexity index is 460. The molecule has 1 aliphatic heterocycles. The van der Waals surface area contributed by atoms with Crippen LogP contribution in [0.15, 0.2) is 24.3 Å². The lowest BCUT2D eigenvalue weighted by Gasteiger charge is -2.24. The van der Waals surface area contributed by atoms with Crippen molar-refractivity contribution in [2.24, 2.45) is 5.92 Å². The number of hydrogen-bond acceptors (Lipinski definition) is 3. The standard InChI is InChI=1S/C14H19N3O2/c1-9(10-2-5-12(15)6-3-10)17-14(19)11-4-7-13(18)16-8-11/h2-3,5-6,9,11H,4,7-8,15H2,1H3,(H,16,18)(H,17,19). The molecular weight excluding hydrogens is 242 g/mol. The molecule has 2 atom stereocenters. The first-order valence-electron chi connectivity index (χ1n) is 6.49. The van der Waals surface area contributed by atoms with Gasteiger partial charge in [-0.15, -0.1) is 0 Å². The van der Waals surface area contributed by atoms with Gasteiger partial charge in [-0.1, -0.05) is 12.1 Å². The predicted molar refractivity (Wildman–Crippen MR) is 73.1 cm³/mol. The van der Waals surface area contributed by atoms with E-state index in [1.54, 1.807) is 0 Å². The lowest BCUT2D eigenvalue weighted by Crippen LogP contribution is -2.43. The van der Waals surface area contributed by atoms with Crippen molar-refractivity contribution >= 4 is 17.5 Å². The molecule has 0 aromatic heterocycles. The van der Waals surface area contributed by atoms with Gasteiger partial charge in [0.15, 0.2) is 0 Å². The molecule has 2 amide bonds. The minimum atomic E-state index is -0.131. The SMILES string of the molecule is CC(NC(=O)C1CCC(=O)NC1)c1ccc(N)cc1. The molecule has 5 nitrogen and oxygen atoms in total. The topological polar surface area (TPSA) is 84.2 Å². The van der Waals surface area contributed by atoms with E-state index in [1.807, 2.05) is 31.2 Å². The Kier molecular flexibility index (Phi) is 4.04. The van der Waals surface area contributed by atoms with E-state index in [0.29, 0.717) is 25.1 Å². The molecule has 2 unspecified atom stereocenters. The van der Waals surface area contributed by atoms with Gasteiger partial charge in [0.05, 0.1) is 12.0 Å². The van der Waals surface area contributed by atoms with E-state index in [2.05, 4.69) is 10.6 Å². The second-order valence-corrected chi connectivity index (χ2v) is 4.94. The maximum Gasteiger partial charge on any atom is 0.225 e. The largest absolute Gasteiger partial charge is 0.399 e. The van der Waals surface area contributed by atoms with E-state index in [4.69, 9.17) is 5.73 Å². The second kappa shape index (κ2) is 5.73. The van der Waals surface area contributed by atoms with Crippen molar-refractivity contribution in [1.29, 1.82) is 0 Å². The number of anilines is 1. The van der Waals surface area contributed by atoms with Crippen LogP contribution in [-0.2, 0) is 9.59 Å². The minimum absolute atomic E-state index is 0.00988. The molecule has 1 fully saturated rings. The number of nitrogens with two attached hydrogens (primary N) is 1. The van der Waals surface area contributed by atoms with E-state index >= 15 is 0 Å². The second-order valence-electron chi connectivity index (χ2n) is 4.94. The number of rotatable bonds is 3. The van der Waals surface area contributed by atoms with Crippen LogP contribution in [0.4, 0.5) is 5.69 Å². The normalized spacial score (nSPS) is 20.5. The number of carbonyl (C=O) groups is 2. The average molecular weight is 261 g/mol. The molecule has 1 aromatic carbocycles. The number of hydrogen-bond donors (Lipinski definition) is 3. The van der Waals surface area contributed by atoms with Gasteiger partial charge in [-0.3, -0.25) is 9.59 Å². The van der Waals surface area contributed by atoms with Crippen molar-refractivity contribution in [2.75, 3.05) is 12.3 Å². The molecule has 5 heteroatoms. The highest BCUT2D eigenvalue weighted by Gasteiger charge is 2.25. The first kappa shape index (κ1) is 13.4. The highest BCUT2D eigenvalue weighted by Crippen LogP contribution is 2.17. The van der Waals surface area contributed by atoms with Gasteiger partial charge in [0, 0.05) is 18.7 Å². The van der Waals surface area contributed by atoms with E-state index in [-0.39, 0.29) is 23.8 Å². The summed E-state index contributed by atoms with van der Waals surface area (Å²) in [5.41, 5.74) is 7.35. The molecule has 4 N–H and O–H groups in total. The summed E-state index contributed by atoms with van der Waals surface area (Å²) in [7, 11) is 0. The van der Waals surface area contributed by atoms with Crippen molar-refractivity contribution in [1.82, 2.24) is 10.6 Å². The first-order chi connectivity index (χ1) is 9.06. The molecule has 0 aliphatic carbocycles. The van der Waals surface area contributed by atoms with Crippen molar-refractivity contribution in [3.05, 3.63) is 29.8 Å². The smallest absolute Gasteiger partial charge is 0.225 e. The fraction of sp³-hybridized carbons (Fsp3) is 0.429. The maximum atomic E-state index is 12.1. The zero-order valence-electron chi connectivity index (χ0n) is 11.0. The zero-order valence-corrected chi connectivity index (χ0v) is 11.0. The first-order valence-corrected chi connectivity index (χ1v) is 6.49. The van der Waals surface area contributed by atoms with Gasteiger partial charge in [-0.25, -0.2) is 0 Å². The summed E-state index contributed by atoms with van der Waals surface area (Å²) in [4.78, 5) is 23.1. The van der Waals surface area contributed by atoms with Crippen LogP contribution in [0, 0.1) is 5.92 Å². The highest BCUT2D eigenvalue weighted by molar-refractivity contribution is 5.83. The summed E-state index contributed by atoms with van der Waals surface area (Å²) in [6.07, 6.45) is 1.04. The third kappa shape index (κ3) is 3.47. The quantitative estimate of drug-likeness (QED) is 0.709. The van der Waals surface area contributed by atoms with Crippen LogP contribution in [0.5, 0.6) is 0 Å². The Morgan fingerprint density at radius 1 is 1.42 bits per heavy atom. The van der Waals surface area contributed by atoms with Crippen LogP contribution in [0.3, 0.4) is 0 Å². The highest BCUT2D eigenvalue weighted by atomic mass is 16.2. The van der Waals surface area contributed by atoms with Crippen LogP contribution >= 0.6 is 0 Å². The van der Waals surface area contributed by atoms with Gasteiger partial charge in [0.2, 0.25) is 11.8 Å². The maximum absolute atomic E-state index is 12.1. The Hall–Kier alpha value is -2.04. The Morgan fingerprint density at radius 2 is 2.11 bits per heavy atom. The molecule has 0 bridgehead atoms. The minimum Gasteiger partial charge on any atom is -0.399 e. The molecule has 19 heavy (non-hydrogen) atoms. The van der Waals surface area contributed by atoms with E-state index in [1.165, 1.54) is 0 Å². The molecule has 102 valence electrons. The number of piperidine rings is 1. The summed E-state index contributed by atoms with van der Waals surface area (Å²) in [5.74, 6) is -0.117. The van der Waals surface area contributed by atoms with Crippen molar-refractivity contribution < 1.29 is 9.59 Å². The number of carbonyl (C=O) groups excluding carboxylic acids is 2. The molecule has 1 aromatic rings. The van der Waals surface area contributed by atoms with Gasteiger partial charge in [0.25, 0.3) is 0 Å². The Labute approximate surface area is 112 Å². The Balaban J connectivity index is 1.91. The lowest BCUT2D eigenvalue weighted by atomic mass is 9.97. The van der Waals surface area contributed by atoms with Crippen LogP contribution < -0.4 is 16.4 Å². The molecule has 0 radical (unpaired) electrons. The van der Waals surface area contributed by atoms with Gasteiger partial charge in [-0.05, 0) is 31.0 Å². The van der Waals surface area contributed by atoms with Crippen LogP contribution in [0.1, 0.15) is 31.4 Å². The van der Waals surface area contributed by atoms with Gasteiger partial charge in [0.1, 0.15) is 0 Å². The van der Waals surface area contributed by atoms with Gasteiger partial charge >= 0.3 is 0 Å². The molecule has 0 spiro atoms. The third-order valence-electron chi connectivity index (χ3n) is 3.43. The molecule has 1 aliphatic rings. The number of amides is 2. The van der Waals surface area contributed by atoms with Crippen molar-refractivity contribution in [3.63, 3.8) is 0 Å². The fourth-order valence-corrected chi connectivity index (χ4v) is 2.16. The summed E-state index contributed by atoms with van der Waals surface area (Å²) >= 11 is 0. The van der Waals surface area contributed by atoms with Crippen molar-refractivity contribution in [2.45, 2.75) is 25.8 Å². The third-order valence-corrected chi connectivity index (χ3v) is 3.43. The van der Waals surface area contributed by atoms with Gasteiger partial charge in [-0.2, -0.15) is 0 Å². The summed E-state index contributed by atoms with van der Waals surface area (Å²) in [6, 6.07) is 7.38. The van der Waals surface area contributed by atoms with Gasteiger partial charge < -0.3 is 16.4 Å². The van der Waals surface area contributed by atoms with E-state index < -0.39 is 0 Å². The average Bonchev–Trinajstić information content (AvgIpc) is 2.40. The molecular formula is C14H19N3O2. The van der Waals surface area contributed by atoms with Crippen LogP contribution in [0.25, 0.3) is 0 Å². The number of benzene rings is 1. The molecule has 1 heterocycles.